The van der Waals surface area contributed by atoms with Gasteiger partial charge in [0.15, 0.2) is 5.41 Å². The summed E-state index contributed by atoms with van der Waals surface area (Å²) in [7, 11) is 0. The van der Waals surface area contributed by atoms with E-state index in [0.717, 1.165) is 0 Å². The summed E-state index contributed by atoms with van der Waals surface area (Å²) in [6.45, 7) is 5.91. The molecule has 0 aliphatic heterocycles. The number of esters is 2. The summed E-state index contributed by atoms with van der Waals surface area (Å²) in [4.78, 5) is 24.2. The van der Waals surface area contributed by atoms with Crippen molar-refractivity contribution in [3.63, 3.8) is 0 Å². The fraction of sp³-hybridized carbons (Fsp3) is 0.692. The molecule has 17 heavy (non-hydrogen) atoms. The lowest BCUT2D eigenvalue weighted by molar-refractivity contribution is -0.176. The van der Waals surface area contributed by atoms with Crippen molar-refractivity contribution in [3.8, 4) is 0 Å². The van der Waals surface area contributed by atoms with Crippen molar-refractivity contribution < 1.29 is 19.1 Å². The first-order valence-electron chi connectivity index (χ1n) is 6.09. The number of rotatable bonds is 4. The van der Waals surface area contributed by atoms with Gasteiger partial charge < -0.3 is 9.47 Å². The van der Waals surface area contributed by atoms with Crippen molar-refractivity contribution >= 4 is 11.9 Å². The number of carbonyl (C=O) groups excluding carboxylic acids is 2. The first-order valence-corrected chi connectivity index (χ1v) is 6.09. The molecule has 0 bridgehead atoms. The molecule has 1 rings (SSSR count). The Kier molecular flexibility index (Phi) is 4.73. The lowest BCUT2D eigenvalue weighted by atomic mass is 9.69. The third-order valence-corrected chi connectivity index (χ3v) is 3.22. The Bertz CT molecular complexity index is 301. The van der Waals surface area contributed by atoms with Gasteiger partial charge in [0.1, 0.15) is 0 Å². The highest BCUT2D eigenvalue weighted by Crippen LogP contribution is 2.40. The van der Waals surface area contributed by atoms with Gasteiger partial charge in [-0.25, -0.2) is 0 Å². The van der Waals surface area contributed by atoms with Crippen molar-refractivity contribution in [2.75, 3.05) is 13.2 Å². The molecule has 4 heteroatoms. The van der Waals surface area contributed by atoms with E-state index in [9.17, 15) is 9.59 Å². The van der Waals surface area contributed by atoms with Crippen LogP contribution in [0, 0.1) is 11.3 Å². The number of allylic oxidation sites excluding steroid dienone is 2. The van der Waals surface area contributed by atoms with Crippen LogP contribution in [0.3, 0.4) is 0 Å². The first kappa shape index (κ1) is 13.7. The van der Waals surface area contributed by atoms with E-state index in [0.29, 0.717) is 12.8 Å². The van der Waals surface area contributed by atoms with E-state index >= 15 is 0 Å². The zero-order chi connectivity index (χ0) is 12.9. The van der Waals surface area contributed by atoms with E-state index in [4.69, 9.17) is 9.47 Å². The van der Waals surface area contributed by atoms with Crippen LogP contribution in [0.4, 0.5) is 0 Å². The van der Waals surface area contributed by atoms with E-state index in [1.54, 1.807) is 13.8 Å². The maximum Gasteiger partial charge on any atom is 0.324 e. The molecule has 0 spiro atoms. The molecule has 0 amide bonds. The first-order chi connectivity index (χ1) is 8.09. The maximum absolute atomic E-state index is 12.1. The molecule has 1 aliphatic carbocycles. The van der Waals surface area contributed by atoms with Crippen molar-refractivity contribution in [2.24, 2.45) is 11.3 Å². The molecule has 0 aromatic rings. The Balaban J connectivity index is 3.03. The Morgan fingerprint density at radius 3 is 2.12 bits per heavy atom. The van der Waals surface area contributed by atoms with Crippen molar-refractivity contribution in [1.82, 2.24) is 0 Å². The monoisotopic (exact) mass is 240 g/mol. The summed E-state index contributed by atoms with van der Waals surface area (Å²) in [5.74, 6) is -1.02. The highest BCUT2D eigenvalue weighted by molar-refractivity contribution is 6.00. The van der Waals surface area contributed by atoms with Crippen molar-refractivity contribution in [1.29, 1.82) is 0 Å². The molecular formula is C13H20O4. The molecule has 0 saturated heterocycles. The molecular weight excluding hydrogens is 220 g/mol. The summed E-state index contributed by atoms with van der Waals surface area (Å²) < 4.78 is 10.1. The maximum atomic E-state index is 12.1. The predicted octanol–water partition coefficient (Wildman–Crippen LogP) is 2.09. The highest BCUT2D eigenvalue weighted by atomic mass is 16.6. The summed E-state index contributed by atoms with van der Waals surface area (Å²) in [6.07, 6.45) is 4.90. The van der Waals surface area contributed by atoms with Crippen molar-refractivity contribution in [2.45, 2.75) is 33.6 Å². The number of carbonyl (C=O) groups is 2. The molecule has 0 fully saturated rings. The molecule has 96 valence electrons. The third kappa shape index (κ3) is 2.51. The van der Waals surface area contributed by atoms with Crippen LogP contribution >= 0.6 is 0 Å². The van der Waals surface area contributed by atoms with E-state index in [1.165, 1.54) is 0 Å². The molecule has 0 saturated carbocycles. The topological polar surface area (TPSA) is 52.6 Å². The summed E-state index contributed by atoms with van der Waals surface area (Å²) >= 11 is 0. The second-order valence-electron chi connectivity index (χ2n) is 4.22. The zero-order valence-corrected chi connectivity index (χ0v) is 10.7. The van der Waals surface area contributed by atoms with Gasteiger partial charge in [0, 0.05) is 0 Å². The Hall–Kier alpha value is -1.32. The van der Waals surface area contributed by atoms with Gasteiger partial charge in [-0.3, -0.25) is 9.59 Å². The Labute approximate surface area is 102 Å². The van der Waals surface area contributed by atoms with E-state index in [2.05, 4.69) is 0 Å². The van der Waals surface area contributed by atoms with Gasteiger partial charge in [-0.1, -0.05) is 19.1 Å². The van der Waals surface area contributed by atoms with E-state index < -0.39 is 17.4 Å². The second kappa shape index (κ2) is 5.84. The normalized spacial score (nSPS) is 21.9. The fourth-order valence-corrected chi connectivity index (χ4v) is 2.14. The summed E-state index contributed by atoms with van der Waals surface area (Å²) in [5.41, 5.74) is -1.15. The molecule has 0 aromatic heterocycles. The van der Waals surface area contributed by atoms with Crippen LogP contribution in [0.15, 0.2) is 12.2 Å². The zero-order valence-electron chi connectivity index (χ0n) is 10.7. The molecule has 0 unspecified atom stereocenters. The van der Waals surface area contributed by atoms with Crippen LogP contribution in [0.5, 0.6) is 0 Å². The van der Waals surface area contributed by atoms with Gasteiger partial charge in [-0.15, -0.1) is 0 Å². The van der Waals surface area contributed by atoms with Crippen LogP contribution in [0.2, 0.25) is 0 Å². The van der Waals surface area contributed by atoms with Gasteiger partial charge in [0.2, 0.25) is 0 Å². The number of hydrogen-bond donors (Lipinski definition) is 0. The number of hydrogen-bond acceptors (Lipinski definition) is 4. The molecule has 1 aliphatic rings. The van der Waals surface area contributed by atoms with E-state index in [1.807, 2.05) is 19.1 Å². The molecule has 0 heterocycles. The predicted molar refractivity (Wildman–Crippen MR) is 63.2 cm³/mol. The molecule has 0 aromatic carbocycles. The third-order valence-electron chi connectivity index (χ3n) is 3.22. The molecule has 0 N–H and O–H groups in total. The van der Waals surface area contributed by atoms with Gasteiger partial charge in [-0.05, 0) is 32.6 Å². The lowest BCUT2D eigenvalue weighted by Gasteiger charge is -2.35. The van der Waals surface area contributed by atoms with Gasteiger partial charge >= 0.3 is 11.9 Å². The van der Waals surface area contributed by atoms with Crippen LogP contribution in [0.1, 0.15) is 33.6 Å². The van der Waals surface area contributed by atoms with Gasteiger partial charge in [0.25, 0.3) is 0 Å². The quantitative estimate of drug-likeness (QED) is 0.429. The Morgan fingerprint density at radius 1 is 1.18 bits per heavy atom. The second-order valence-corrected chi connectivity index (χ2v) is 4.22. The van der Waals surface area contributed by atoms with E-state index in [-0.39, 0.29) is 19.1 Å². The highest BCUT2D eigenvalue weighted by Gasteiger charge is 2.52. The molecule has 1 atom stereocenters. The van der Waals surface area contributed by atoms with Crippen LogP contribution in [-0.4, -0.2) is 25.2 Å². The fourth-order valence-electron chi connectivity index (χ4n) is 2.14. The minimum atomic E-state index is -1.15. The largest absolute Gasteiger partial charge is 0.465 e. The lowest BCUT2D eigenvalue weighted by Crippen LogP contribution is -2.47. The van der Waals surface area contributed by atoms with Crippen LogP contribution < -0.4 is 0 Å². The average Bonchev–Trinajstić information content (AvgIpc) is 2.30. The molecule has 0 radical (unpaired) electrons. The van der Waals surface area contributed by atoms with Crippen LogP contribution in [0.25, 0.3) is 0 Å². The SMILES string of the molecule is CCOC(=O)C1(C(=O)OCC)CC=CC[C@H]1C. The Morgan fingerprint density at radius 2 is 1.71 bits per heavy atom. The van der Waals surface area contributed by atoms with Gasteiger partial charge in [0.05, 0.1) is 13.2 Å². The molecule has 4 nitrogen and oxygen atoms in total. The van der Waals surface area contributed by atoms with Gasteiger partial charge in [-0.2, -0.15) is 0 Å². The number of ether oxygens (including phenoxy) is 2. The van der Waals surface area contributed by atoms with Crippen LogP contribution in [-0.2, 0) is 19.1 Å². The smallest absolute Gasteiger partial charge is 0.324 e. The standard InChI is InChI=1S/C13H20O4/c1-4-16-11(14)13(12(15)17-5-2)9-7-6-8-10(13)3/h6-7,10H,4-5,8-9H2,1-3H3/t10-/m1/s1. The summed E-state index contributed by atoms with van der Waals surface area (Å²) in [6, 6.07) is 0. The minimum Gasteiger partial charge on any atom is -0.465 e. The average molecular weight is 240 g/mol. The summed E-state index contributed by atoms with van der Waals surface area (Å²) in [5, 5.41) is 0. The van der Waals surface area contributed by atoms with Crippen molar-refractivity contribution in [3.05, 3.63) is 12.2 Å². The minimum absolute atomic E-state index is 0.0920.